The Bertz CT molecular complexity index is 610. The lowest BCUT2D eigenvalue weighted by Gasteiger charge is -2.13. The van der Waals surface area contributed by atoms with Crippen LogP contribution in [0, 0.1) is 13.8 Å². The van der Waals surface area contributed by atoms with Gasteiger partial charge in [-0.15, -0.1) is 0 Å². The second-order valence-corrected chi connectivity index (χ2v) is 5.84. The minimum absolute atomic E-state index is 0.473. The summed E-state index contributed by atoms with van der Waals surface area (Å²) in [5, 5.41) is 3.25. The molecule has 0 heterocycles. The van der Waals surface area contributed by atoms with Crippen LogP contribution in [0.2, 0.25) is 0 Å². The minimum Gasteiger partial charge on any atom is -0.380 e. The van der Waals surface area contributed by atoms with Crippen molar-refractivity contribution in [3.8, 4) is 0 Å². The normalized spacial score (nSPS) is 11.5. The molecule has 0 fully saturated rings. The molecule has 5 heteroatoms. The lowest BCUT2D eigenvalue weighted by atomic mass is 10.1. The molecule has 0 aliphatic rings. The molecule has 0 bridgehead atoms. The van der Waals surface area contributed by atoms with Crippen LogP contribution in [0.3, 0.4) is 0 Å². The molecule has 1 N–H and O–H groups in total. The van der Waals surface area contributed by atoms with Crippen molar-refractivity contribution in [2.45, 2.75) is 26.6 Å². The van der Waals surface area contributed by atoms with E-state index in [1.807, 2.05) is 19.9 Å². The third-order valence-corrected chi connectivity index (χ3v) is 3.81. The predicted molar refractivity (Wildman–Crippen MR) is 82.4 cm³/mol. The number of hydrogen-bond donors (Lipinski definition) is 1. The maximum Gasteiger partial charge on any atom is 0.416 e. The first kappa shape index (κ1) is 15.9. The van der Waals surface area contributed by atoms with Gasteiger partial charge < -0.3 is 5.32 Å². The molecule has 2 aromatic carbocycles. The number of nitrogens with one attached hydrogen (secondary N) is 1. The Morgan fingerprint density at radius 1 is 1.05 bits per heavy atom. The topological polar surface area (TPSA) is 12.0 Å². The van der Waals surface area contributed by atoms with Gasteiger partial charge in [-0.1, -0.05) is 18.2 Å². The molecule has 0 spiro atoms. The van der Waals surface area contributed by atoms with Crippen LogP contribution in [0.15, 0.2) is 40.9 Å². The van der Waals surface area contributed by atoms with Crippen molar-refractivity contribution in [2.75, 3.05) is 5.32 Å². The van der Waals surface area contributed by atoms with Gasteiger partial charge in [-0.25, -0.2) is 0 Å². The number of aryl methyl sites for hydroxylation is 2. The highest BCUT2D eigenvalue weighted by atomic mass is 79.9. The fraction of sp³-hybridized carbons (Fsp3) is 0.250. The molecule has 0 saturated carbocycles. The molecule has 21 heavy (non-hydrogen) atoms. The zero-order valence-electron chi connectivity index (χ0n) is 11.7. The van der Waals surface area contributed by atoms with Gasteiger partial charge in [0.05, 0.1) is 11.3 Å². The average molecular weight is 358 g/mol. The van der Waals surface area contributed by atoms with Crippen molar-refractivity contribution >= 4 is 21.6 Å². The van der Waals surface area contributed by atoms with Gasteiger partial charge in [-0.2, -0.15) is 13.2 Å². The highest BCUT2D eigenvalue weighted by molar-refractivity contribution is 9.10. The van der Waals surface area contributed by atoms with Crippen LogP contribution in [0.25, 0.3) is 0 Å². The number of rotatable bonds is 3. The van der Waals surface area contributed by atoms with Gasteiger partial charge >= 0.3 is 6.18 Å². The van der Waals surface area contributed by atoms with E-state index in [-0.39, 0.29) is 0 Å². The van der Waals surface area contributed by atoms with Crippen molar-refractivity contribution < 1.29 is 13.2 Å². The van der Waals surface area contributed by atoms with Crippen LogP contribution in [0.5, 0.6) is 0 Å². The maximum atomic E-state index is 12.5. The van der Waals surface area contributed by atoms with Crippen molar-refractivity contribution in [3.05, 3.63) is 63.1 Å². The van der Waals surface area contributed by atoms with Gasteiger partial charge in [-0.05, 0) is 64.7 Å². The van der Waals surface area contributed by atoms with Gasteiger partial charge in [0.1, 0.15) is 0 Å². The summed E-state index contributed by atoms with van der Waals surface area (Å²) in [6, 6.07) is 9.25. The average Bonchev–Trinajstić information content (AvgIpc) is 2.37. The monoisotopic (exact) mass is 357 g/mol. The Balaban J connectivity index is 2.10. The molecule has 112 valence electrons. The fourth-order valence-electron chi connectivity index (χ4n) is 2.14. The summed E-state index contributed by atoms with van der Waals surface area (Å²) in [5.41, 5.74) is 3.38. The molecule has 0 aromatic heterocycles. The summed E-state index contributed by atoms with van der Waals surface area (Å²) in [4.78, 5) is 0. The molecule has 0 saturated heterocycles. The third kappa shape index (κ3) is 4.00. The Morgan fingerprint density at radius 2 is 1.67 bits per heavy atom. The van der Waals surface area contributed by atoms with Crippen LogP contribution in [-0.4, -0.2) is 0 Å². The maximum absolute atomic E-state index is 12.5. The first-order valence-electron chi connectivity index (χ1n) is 6.44. The molecule has 0 radical (unpaired) electrons. The number of benzene rings is 2. The first-order valence-corrected chi connectivity index (χ1v) is 7.23. The molecule has 0 unspecified atom stereocenters. The van der Waals surface area contributed by atoms with Gasteiger partial charge in [0.25, 0.3) is 0 Å². The van der Waals surface area contributed by atoms with Gasteiger partial charge in [0.15, 0.2) is 0 Å². The van der Waals surface area contributed by atoms with Gasteiger partial charge in [-0.3, -0.25) is 0 Å². The second kappa shape index (κ2) is 6.10. The number of hydrogen-bond acceptors (Lipinski definition) is 1. The van der Waals surface area contributed by atoms with E-state index >= 15 is 0 Å². The largest absolute Gasteiger partial charge is 0.416 e. The molecule has 1 nitrogen and oxygen atoms in total. The van der Waals surface area contributed by atoms with Gasteiger partial charge in [0.2, 0.25) is 0 Å². The van der Waals surface area contributed by atoms with Crippen LogP contribution < -0.4 is 5.32 Å². The fourth-order valence-corrected chi connectivity index (χ4v) is 2.96. The van der Waals surface area contributed by atoms with Crippen LogP contribution in [0.4, 0.5) is 18.9 Å². The summed E-state index contributed by atoms with van der Waals surface area (Å²) in [6.45, 7) is 4.48. The van der Waals surface area contributed by atoms with E-state index in [1.54, 1.807) is 0 Å². The SMILES string of the molecule is Cc1cc(C)c(NCc2ccc(C(F)(F)F)cc2)c(Br)c1. The highest BCUT2D eigenvalue weighted by Crippen LogP contribution is 2.30. The summed E-state index contributed by atoms with van der Waals surface area (Å²) in [5.74, 6) is 0. The Labute approximate surface area is 130 Å². The summed E-state index contributed by atoms with van der Waals surface area (Å²) >= 11 is 3.50. The van der Waals surface area contributed by atoms with E-state index in [9.17, 15) is 13.2 Å². The van der Waals surface area contributed by atoms with Crippen molar-refractivity contribution in [3.63, 3.8) is 0 Å². The summed E-state index contributed by atoms with van der Waals surface area (Å²) < 4.78 is 38.4. The van der Waals surface area contributed by atoms with Gasteiger partial charge in [0, 0.05) is 11.0 Å². The highest BCUT2D eigenvalue weighted by Gasteiger charge is 2.29. The molecule has 0 amide bonds. The molecular formula is C16H15BrF3N. The molecule has 2 rings (SSSR count). The predicted octanol–water partition coefficient (Wildman–Crippen LogP) is 5.70. The van der Waals surface area contributed by atoms with Crippen LogP contribution in [-0.2, 0) is 12.7 Å². The third-order valence-electron chi connectivity index (χ3n) is 3.18. The van der Waals surface area contributed by atoms with Crippen LogP contribution in [0.1, 0.15) is 22.3 Å². The number of alkyl halides is 3. The summed E-state index contributed by atoms with van der Waals surface area (Å²) in [6.07, 6.45) is -4.29. The second-order valence-electron chi connectivity index (χ2n) is 4.99. The Morgan fingerprint density at radius 3 is 2.19 bits per heavy atom. The molecule has 0 aliphatic carbocycles. The van der Waals surface area contributed by atoms with E-state index in [0.717, 1.165) is 39.0 Å². The zero-order chi connectivity index (χ0) is 15.6. The molecule has 0 atom stereocenters. The number of anilines is 1. The molecule has 0 aliphatic heterocycles. The van der Waals surface area contributed by atoms with E-state index in [2.05, 4.69) is 27.3 Å². The van der Waals surface area contributed by atoms with Crippen molar-refractivity contribution in [1.29, 1.82) is 0 Å². The van der Waals surface area contributed by atoms with Crippen LogP contribution >= 0.6 is 15.9 Å². The van der Waals surface area contributed by atoms with E-state index in [1.165, 1.54) is 12.1 Å². The lowest BCUT2D eigenvalue weighted by Crippen LogP contribution is -2.06. The Hall–Kier alpha value is -1.49. The standard InChI is InChI=1S/C16H15BrF3N/c1-10-7-11(2)15(14(17)8-10)21-9-12-3-5-13(6-4-12)16(18,19)20/h3-8,21H,9H2,1-2H3. The molecular weight excluding hydrogens is 343 g/mol. The van der Waals surface area contributed by atoms with Crippen molar-refractivity contribution in [2.24, 2.45) is 0 Å². The number of halogens is 4. The minimum atomic E-state index is -4.29. The lowest BCUT2D eigenvalue weighted by molar-refractivity contribution is -0.137. The Kier molecular flexibility index (Phi) is 4.61. The summed E-state index contributed by atoms with van der Waals surface area (Å²) in [7, 11) is 0. The first-order chi connectivity index (χ1) is 9.77. The molecule has 2 aromatic rings. The van der Waals surface area contributed by atoms with E-state index in [0.29, 0.717) is 6.54 Å². The van der Waals surface area contributed by atoms with Crippen molar-refractivity contribution in [1.82, 2.24) is 0 Å². The quantitative estimate of drug-likeness (QED) is 0.743. The smallest absolute Gasteiger partial charge is 0.380 e. The van der Waals surface area contributed by atoms with E-state index in [4.69, 9.17) is 0 Å². The van der Waals surface area contributed by atoms with E-state index < -0.39 is 11.7 Å². The zero-order valence-corrected chi connectivity index (χ0v) is 13.3.